The second kappa shape index (κ2) is 4.48. The molecule has 0 spiro atoms. The van der Waals surface area contributed by atoms with Gasteiger partial charge in [0.1, 0.15) is 5.82 Å². The van der Waals surface area contributed by atoms with Gasteiger partial charge in [-0.25, -0.2) is 4.98 Å². The third kappa shape index (κ3) is 1.93. The van der Waals surface area contributed by atoms with Crippen LogP contribution in [-0.2, 0) is 12.8 Å². The van der Waals surface area contributed by atoms with Crippen LogP contribution in [0.2, 0.25) is 0 Å². The first kappa shape index (κ1) is 12.2. The minimum Gasteiger partial charge on any atom is -0.382 e. The minimum atomic E-state index is 0.502. The Kier molecular flexibility index (Phi) is 2.60. The Morgan fingerprint density at radius 2 is 2.19 bits per heavy atom. The molecule has 4 rings (SSSR count). The van der Waals surface area contributed by atoms with Gasteiger partial charge in [-0.2, -0.15) is 5.10 Å². The van der Waals surface area contributed by atoms with Crippen LogP contribution >= 0.6 is 0 Å². The third-order valence-corrected chi connectivity index (χ3v) is 4.16. The van der Waals surface area contributed by atoms with Crippen molar-refractivity contribution in [1.82, 2.24) is 15.2 Å². The molecule has 0 aliphatic heterocycles. The number of nitrogens with zero attached hydrogens (tertiary/aromatic N) is 2. The number of rotatable bonds is 2. The summed E-state index contributed by atoms with van der Waals surface area (Å²) in [7, 11) is 0. The van der Waals surface area contributed by atoms with Crippen molar-refractivity contribution in [3.05, 3.63) is 41.0 Å². The van der Waals surface area contributed by atoms with E-state index in [2.05, 4.69) is 38.7 Å². The van der Waals surface area contributed by atoms with E-state index in [9.17, 15) is 0 Å². The van der Waals surface area contributed by atoms with Crippen LogP contribution in [-0.4, -0.2) is 15.2 Å². The number of H-pyrrole nitrogens is 1. The molecule has 0 bridgehead atoms. The molecular formula is C16H17N5. The Bertz CT molecular complexity index is 834. The lowest BCUT2D eigenvalue weighted by atomic mass is 10.1. The number of hydrogen-bond acceptors (Lipinski definition) is 4. The molecule has 0 atom stereocenters. The van der Waals surface area contributed by atoms with Crippen molar-refractivity contribution >= 4 is 28.4 Å². The summed E-state index contributed by atoms with van der Waals surface area (Å²) in [5.74, 6) is 1.33. The monoisotopic (exact) mass is 279 g/mol. The topological polar surface area (TPSA) is 79.6 Å². The normalized spacial score (nSPS) is 13.6. The fraction of sp³-hybridized carbons (Fsp3) is 0.250. The zero-order chi connectivity index (χ0) is 14.4. The van der Waals surface area contributed by atoms with Gasteiger partial charge in [-0.05, 0) is 55.0 Å². The Morgan fingerprint density at radius 1 is 1.29 bits per heavy atom. The fourth-order valence-corrected chi connectivity index (χ4v) is 3.18. The van der Waals surface area contributed by atoms with Gasteiger partial charge in [-0.1, -0.05) is 12.1 Å². The van der Waals surface area contributed by atoms with Crippen molar-refractivity contribution in [2.45, 2.75) is 26.2 Å². The number of fused-ring (bicyclic) bond motifs is 2. The lowest BCUT2D eigenvalue weighted by Crippen LogP contribution is -1.99. The number of aromatic amines is 1. The SMILES string of the molecule is Cc1cc(Nc2cccc3c2CCC3)nc2[nH]nc(N)c12. The van der Waals surface area contributed by atoms with E-state index in [1.165, 1.54) is 24.0 Å². The smallest absolute Gasteiger partial charge is 0.160 e. The number of nitrogens with two attached hydrogens (primary N) is 1. The van der Waals surface area contributed by atoms with Crippen LogP contribution in [0.5, 0.6) is 0 Å². The predicted molar refractivity (Wildman–Crippen MR) is 84.8 cm³/mol. The average molecular weight is 279 g/mol. The molecule has 4 N–H and O–H groups in total. The molecule has 0 fully saturated rings. The van der Waals surface area contributed by atoms with Gasteiger partial charge < -0.3 is 11.1 Å². The highest BCUT2D eigenvalue weighted by atomic mass is 15.2. The van der Waals surface area contributed by atoms with Gasteiger partial charge in [0.25, 0.3) is 0 Å². The maximum atomic E-state index is 5.85. The number of benzene rings is 1. The van der Waals surface area contributed by atoms with Crippen LogP contribution in [0.25, 0.3) is 11.0 Å². The second-order valence-electron chi connectivity index (χ2n) is 5.58. The largest absolute Gasteiger partial charge is 0.382 e. The number of hydrogen-bond donors (Lipinski definition) is 3. The van der Waals surface area contributed by atoms with Gasteiger partial charge >= 0.3 is 0 Å². The summed E-state index contributed by atoms with van der Waals surface area (Å²) < 4.78 is 0. The summed E-state index contributed by atoms with van der Waals surface area (Å²) in [4.78, 5) is 4.57. The quantitative estimate of drug-likeness (QED) is 0.673. The number of aryl methyl sites for hydroxylation is 2. The lowest BCUT2D eigenvalue weighted by molar-refractivity contribution is 0.912. The number of nitrogens with one attached hydrogen (secondary N) is 2. The molecular weight excluding hydrogens is 262 g/mol. The van der Waals surface area contributed by atoms with E-state index in [0.29, 0.717) is 5.82 Å². The van der Waals surface area contributed by atoms with Crippen LogP contribution in [0.15, 0.2) is 24.3 Å². The van der Waals surface area contributed by atoms with Gasteiger partial charge in [0.15, 0.2) is 11.5 Å². The number of aromatic nitrogens is 3. The fourth-order valence-electron chi connectivity index (χ4n) is 3.18. The Labute approximate surface area is 122 Å². The molecule has 0 unspecified atom stereocenters. The zero-order valence-corrected chi connectivity index (χ0v) is 11.9. The molecule has 0 saturated heterocycles. The van der Waals surface area contributed by atoms with E-state index in [1.807, 2.05) is 13.0 Å². The maximum Gasteiger partial charge on any atom is 0.160 e. The van der Waals surface area contributed by atoms with E-state index < -0.39 is 0 Å². The number of anilines is 3. The van der Waals surface area contributed by atoms with Crippen molar-refractivity contribution in [3.8, 4) is 0 Å². The molecule has 21 heavy (non-hydrogen) atoms. The van der Waals surface area contributed by atoms with Gasteiger partial charge in [-0.3, -0.25) is 5.10 Å². The molecule has 3 aromatic rings. The molecule has 0 saturated carbocycles. The Balaban J connectivity index is 1.77. The summed E-state index contributed by atoms with van der Waals surface area (Å²) >= 11 is 0. The van der Waals surface area contributed by atoms with E-state index in [0.717, 1.165) is 34.5 Å². The van der Waals surface area contributed by atoms with Crippen molar-refractivity contribution in [2.75, 3.05) is 11.1 Å². The first-order chi connectivity index (χ1) is 10.2. The second-order valence-corrected chi connectivity index (χ2v) is 5.58. The standard InChI is InChI=1S/C16H17N5/c1-9-8-13(19-16-14(9)15(17)20-21-16)18-12-7-3-5-10-4-2-6-11(10)12/h3,5,7-8H,2,4,6H2,1H3,(H4,17,18,19,20,21). The molecule has 2 heterocycles. The molecule has 2 aromatic heterocycles. The first-order valence-corrected chi connectivity index (χ1v) is 7.21. The molecule has 5 nitrogen and oxygen atoms in total. The third-order valence-electron chi connectivity index (χ3n) is 4.16. The van der Waals surface area contributed by atoms with Crippen molar-refractivity contribution in [2.24, 2.45) is 0 Å². The summed E-state index contributed by atoms with van der Waals surface area (Å²) in [5.41, 5.74) is 11.7. The first-order valence-electron chi connectivity index (χ1n) is 7.21. The molecule has 106 valence electrons. The van der Waals surface area contributed by atoms with Gasteiger partial charge in [-0.15, -0.1) is 0 Å². The summed E-state index contributed by atoms with van der Waals surface area (Å²) in [5, 5.41) is 11.3. The van der Waals surface area contributed by atoms with E-state index in [-0.39, 0.29) is 0 Å². The molecule has 1 aromatic carbocycles. The molecule has 1 aliphatic carbocycles. The average Bonchev–Trinajstić information content (AvgIpc) is 3.06. The zero-order valence-electron chi connectivity index (χ0n) is 11.9. The highest BCUT2D eigenvalue weighted by Gasteiger charge is 2.15. The molecule has 0 amide bonds. The van der Waals surface area contributed by atoms with Crippen LogP contribution < -0.4 is 11.1 Å². The van der Waals surface area contributed by atoms with Gasteiger partial charge in [0, 0.05) is 5.69 Å². The van der Waals surface area contributed by atoms with E-state index in [4.69, 9.17) is 5.73 Å². The highest BCUT2D eigenvalue weighted by molar-refractivity contribution is 5.90. The van der Waals surface area contributed by atoms with Crippen LogP contribution in [0, 0.1) is 6.92 Å². The van der Waals surface area contributed by atoms with E-state index in [1.54, 1.807) is 0 Å². The molecule has 0 radical (unpaired) electrons. The van der Waals surface area contributed by atoms with E-state index >= 15 is 0 Å². The summed E-state index contributed by atoms with van der Waals surface area (Å²) in [6.45, 7) is 2.02. The van der Waals surface area contributed by atoms with Crippen molar-refractivity contribution < 1.29 is 0 Å². The Hall–Kier alpha value is -2.56. The Morgan fingerprint density at radius 3 is 3.10 bits per heavy atom. The number of nitrogen functional groups attached to an aromatic ring is 1. The summed E-state index contributed by atoms with van der Waals surface area (Å²) in [6, 6.07) is 8.45. The van der Waals surface area contributed by atoms with Crippen LogP contribution in [0.3, 0.4) is 0 Å². The molecule has 5 heteroatoms. The lowest BCUT2D eigenvalue weighted by Gasteiger charge is -2.11. The van der Waals surface area contributed by atoms with Crippen LogP contribution in [0.1, 0.15) is 23.1 Å². The van der Waals surface area contributed by atoms with Crippen molar-refractivity contribution in [3.63, 3.8) is 0 Å². The minimum absolute atomic E-state index is 0.502. The highest BCUT2D eigenvalue weighted by Crippen LogP contribution is 2.31. The van der Waals surface area contributed by atoms with Gasteiger partial charge in [0.2, 0.25) is 0 Å². The summed E-state index contributed by atoms with van der Waals surface area (Å²) in [6.07, 6.45) is 3.54. The van der Waals surface area contributed by atoms with Gasteiger partial charge in [0.05, 0.1) is 5.39 Å². The predicted octanol–water partition coefficient (Wildman–Crippen LogP) is 3.08. The molecule has 1 aliphatic rings. The number of pyridine rings is 1. The van der Waals surface area contributed by atoms with Crippen molar-refractivity contribution in [1.29, 1.82) is 0 Å². The van der Waals surface area contributed by atoms with Crippen LogP contribution in [0.4, 0.5) is 17.3 Å². The maximum absolute atomic E-state index is 5.85.